The van der Waals surface area contributed by atoms with Crippen molar-refractivity contribution < 1.29 is 9.90 Å². The van der Waals surface area contributed by atoms with E-state index in [0.717, 1.165) is 21.4 Å². The van der Waals surface area contributed by atoms with Gasteiger partial charge in [-0.25, -0.2) is 0 Å². The number of aromatic nitrogens is 3. The zero-order chi connectivity index (χ0) is 26.7. The topological polar surface area (TPSA) is 71.2 Å². The van der Waals surface area contributed by atoms with Crippen LogP contribution in [0.5, 0.6) is 0 Å². The molecule has 2 fully saturated rings. The SMILES string of the molecule is CC.CC.CC.Cc1ncccc1-c1nn(C2CC3(C2)CN(C(C)(C)C)C3)c(C)c1Br.O=CO. The molecule has 4 rings (SSSR count). The summed E-state index contributed by atoms with van der Waals surface area (Å²) in [6.07, 6.45) is 4.34. The molecule has 1 spiro atoms. The zero-order valence-corrected chi connectivity index (χ0v) is 24.8. The predicted molar refractivity (Wildman–Crippen MR) is 147 cm³/mol. The van der Waals surface area contributed by atoms with Crippen LogP contribution < -0.4 is 0 Å². The predicted octanol–water partition coefficient (Wildman–Crippen LogP) is 7.54. The van der Waals surface area contributed by atoms with Crippen LogP contribution in [0.3, 0.4) is 0 Å². The van der Waals surface area contributed by atoms with Crippen molar-refractivity contribution in [3.05, 3.63) is 34.2 Å². The van der Waals surface area contributed by atoms with Gasteiger partial charge in [0.25, 0.3) is 6.47 Å². The zero-order valence-electron chi connectivity index (χ0n) is 23.2. The van der Waals surface area contributed by atoms with Gasteiger partial charge in [-0.2, -0.15) is 5.10 Å². The molecule has 0 atom stereocenters. The molecular formula is C27H47BrN4O2. The van der Waals surface area contributed by atoms with E-state index < -0.39 is 0 Å². The lowest BCUT2D eigenvalue weighted by Crippen LogP contribution is -2.67. The van der Waals surface area contributed by atoms with Gasteiger partial charge in [0.1, 0.15) is 5.69 Å². The van der Waals surface area contributed by atoms with Gasteiger partial charge >= 0.3 is 0 Å². The Hall–Kier alpha value is -1.73. The summed E-state index contributed by atoms with van der Waals surface area (Å²) < 4.78 is 3.35. The summed E-state index contributed by atoms with van der Waals surface area (Å²) in [4.78, 5) is 15.4. The number of carbonyl (C=O) groups is 1. The molecule has 2 aromatic rings. The van der Waals surface area contributed by atoms with Crippen LogP contribution in [0, 0.1) is 19.3 Å². The molecule has 1 aliphatic carbocycles. The van der Waals surface area contributed by atoms with Crippen LogP contribution in [0.25, 0.3) is 11.3 Å². The molecule has 2 aliphatic rings. The van der Waals surface area contributed by atoms with Crippen LogP contribution in [0.15, 0.2) is 22.8 Å². The highest BCUT2D eigenvalue weighted by molar-refractivity contribution is 9.10. The molecule has 1 saturated carbocycles. The third-order valence-electron chi connectivity index (χ3n) is 6.02. The van der Waals surface area contributed by atoms with E-state index in [1.165, 1.54) is 31.6 Å². The maximum atomic E-state index is 8.36. The fraction of sp³-hybridized carbons (Fsp3) is 0.667. The van der Waals surface area contributed by atoms with Crippen molar-refractivity contribution in [1.29, 1.82) is 0 Å². The number of hydrogen-bond acceptors (Lipinski definition) is 4. The van der Waals surface area contributed by atoms with Gasteiger partial charge in [-0.1, -0.05) is 41.5 Å². The maximum absolute atomic E-state index is 8.36. The molecule has 1 N–H and O–H groups in total. The lowest BCUT2D eigenvalue weighted by atomic mass is 9.59. The number of halogens is 1. The lowest BCUT2D eigenvalue weighted by Gasteiger charge is -2.62. The highest BCUT2D eigenvalue weighted by Crippen LogP contribution is 2.56. The second-order valence-corrected chi connectivity index (χ2v) is 9.82. The van der Waals surface area contributed by atoms with E-state index in [2.05, 4.69) is 64.3 Å². The third kappa shape index (κ3) is 7.38. The third-order valence-corrected chi connectivity index (χ3v) is 6.97. The van der Waals surface area contributed by atoms with Crippen LogP contribution in [-0.4, -0.2) is 49.9 Å². The molecule has 7 heteroatoms. The van der Waals surface area contributed by atoms with Gasteiger partial charge in [0.15, 0.2) is 0 Å². The fourth-order valence-corrected chi connectivity index (χ4v) is 4.84. The van der Waals surface area contributed by atoms with Crippen LogP contribution in [-0.2, 0) is 4.79 Å². The Labute approximate surface area is 216 Å². The molecule has 194 valence electrons. The monoisotopic (exact) mass is 538 g/mol. The molecule has 6 nitrogen and oxygen atoms in total. The lowest BCUT2D eigenvalue weighted by molar-refractivity contribution is -0.127. The number of aryl methyl sites for hydroxylation is 1. The van der Waals surface area contributed by atoms with Crippen LogP contribution >= 0.6 is 15.9 Å². The van der Waals surface area contributed by atoms with Crippen LogP contribution in [0.4, 0.5) is 0 Å². The Bertz CT molecular complexity index is 860. The molecule has 0 amide bonds. The molecule has 0 bridgehead atoms. The Morgan fingerprint density at radius 1 is 1.09 bits per heavy atom. The molecule has 3 heterocycles. The standard InChI is InChI=1S/C20H27BrN4.3C2H6.CH2O2/c1-13-16(7-6-8-22-13)18-17(21)14(2)25(23-18)15-9-20(10-15)11-24(12-20)19(3,4)5;3*1-2;2-1-3/h6-8,15H,9-12H2,1-5H3;3*1-2H3;1H,(H,2,3). The first-order valence-corrected chi connectivity index (χ1v) is 13.4. The highest BCUT2D eigenvalue weighted by atomic mass is 79.9. The van der Waals surface area contributed by atoms with Gasteiger partial charge in [-0.05, 0) is 80.9 Å². The number of hydrogen-bond donors (Lipinski definition) is 1. The molecule has 1 saturated heterocycles. The normalized spacial score (nSPS) is 16.0. The fourth-order valence-electron chi connectivity index (χ4n) is 4.37. The summed E-state index contributed by atoms with van der Waals surface area (Å²) in [6, 6.07) is 4.62. The van der Waals surface area contributed by atoms with Gasteiger partial charge in [0, 0.05) is 36.1 Å². The summed E-state index contributed by atoms with van der Waals surface area (Å²) in [5, 5.41) is 11.9. The molecule has 0 unspecified atom stereocenters. The molecule has 2 aromatic heterocycles. The van der Waals surface area contributed by atoms with E-state index >= 15 is 0 Å². The van der Waals surface area contributed by atoms with Crippen molar-refractivity contribution in [2.24, 2.45) is 5.41 Å². The summed E-state index contributed by atoms with van der Waals surface area (Å²) >= 11 is 3.77. The van der Waals surface area contributed by atoms with Crippen molar-refractivity contribution in [1.82, 2.24) is 19.7 Å². The van der Waals surface area contributed by atoms with Crippen molar-refractivity contribution in [2.75, 3.05) is 13.1 Å². The Kier molecular flexibility index (Phi) is 13.9. The summed E-state index contributed by atoms with van der Waals surface area (Å²) in [6.45, 7) is 25.4. The minimum Gasteiger partial charge on any atom is -0.483 e. The van der Waals surface area contributed by atoms with E-state index in [1.54, 1.807) is 0 Å². The molecular weight excluding hydrogens is 492 g/mol. The molecule has 0 aromatic carbocycles. The van der Waals surface area contributed by atoms with Crippen molar-refractivity contribution in [2.45, 2.75) is 101 Å². The Morgan fingerprint density at radius 3 is 2.03 bits per heavy atom. The van der Waals surface area contributed by atoms with E-state index in [1.807, 2.05) is 60.7 Å². The first-order chi connectivity index (χ1) is 16.1. The van der Waals surface area contributed by atoms with Crippen molar-refractivity contribution >= 4 is 22.4 Å². The van der Waals surface area contributed by atoms with Crippen molar-refractivity contribution in [3.63, 3.8) is 0 Å². The van der Waals surface area contributed by atoms with E-state index in [0.29, 0.717) is 17.0 Å². The quantitative estimate of drug-likeness (QED) is 0.399. The largest absolute Gasteiger partial charge is 0.483 e. The van der Waals surface area contributed by atoms with Crippen molar-refractivity contribution in [3.8, 4) is 11.3 Å². The molecule has 1 aliphatic heterocycles. The summed E-state index contributed by atoms with van der Waals surface area (Å²) in [5.74, 6) is 0. The van der Waals surface area contributed by atoms with Gasteiger partial charge in [0.2, 0.25) is 0 Å². The van der Waals surface area contributed by atoms with Gasteiger partial charge in [-0.3, -0.25) is 19.4 Å². The van der Waals surface area contributed by atoms with Crippen LogP contribution in [0.1, 0.15) is 92.6 Å². The molecule has 34 heavy (non-hydrogen) atoms. The second-order valence-electron chi connectivity index (χ2n) is 9.02. The minimum atomic E-state index is -0.250. The Balaban J connectivity index is 0.00000108. The minimum absolute atomic E-state index is 0.250. The number of nitrogens with zero attached hydrogens (tertiary/aromatic N) is 4. The van der Waals surface area contributed by atoms with Gasteiger partial charge in [-0.15, -0.1) is 0 Å². The highest BCUT2D eigenvalue weighted by Gasteiger charge is 2.55. The summed E-state index contributed by atoms with van der Waals surface area (Å²) in [5.41, 5.74) is 5.23. The number of rotatable bonds is 2. The first kappa shape index (κ1) is 32.3. The maximum Gasteiger partial charge on any atom is 0.290 e. The Morgan fingerprint density at radius 2 is 1.59 bits per heavy atom. The van der Waals surface area contributed by atoms with Gasteiger partial charge < -0.3 is 5.11 Å². The van der Waals surface area contributed by atoms with E-state index in [-0.39, 0.29) is 6.47 Å². The average molecular weight is 540 g/mol. The first-order valence-electron chi connectivity index (χ1n) is 12.6. The van der Waals surface area contributed by atoms with E-state index in [9.17, 15) is 0 Å². The number of likely N-dealkylation sites (tertiary alicyclic amines) is 1. The average Bonchev–Trinajstić information content (AvgIpc) is 3.05. The number of carboxylic acid groups (broad SMARTS) is 1. The van der Waals surface area contributed by atoms with Crippen LogP contribution in [0.2, 0.25) is 0 Å². The summed E-state index contributed by atoms with van der Waals surface area (Å²) in [7, 11) is 0. The molecule has 0 radical (unpaired) electrons. The van der Waals surface area contributed by atoms with Gasteiger partial charge in [0.05, 0.1) is 16.2 Å². The smallest absolute Gasteiger partial charge is 0.290 e. The number of pyridine rings is 1. The van der Waals surface area contributed by atoms with E-state index in [4.69, 9.17) is 15.0 Å². The second kappa shape index (κ2) is 14.6.